The zero-order valence-electron chi connectivity index (χ0n) is 8.60. The lowest BCUT2D eigenvalue weighted by atomic mass is 10.1. The molecule has 0 saturated carbocycles. The standard InChI is InChI=1S/C11H14O4/c1-8(13-5-4-12)9-2-3-10-11(6-9)15-7-14-10/h2-3,6,8,12H,4-5,7H2,1H3. The fraction of sp³-hybridized carbons (Fsp3) is 0.455. The van der Waals surface area contributed by atoms with Crippen LogP contribution in [-0.4, -0.2) is 25.1 Å². The van der Waals surface area contributed by atoms with Gasteiger partial charge in [-0.2, -0.15) is 0 Å². The third-order valence-electron chi connectivity index (χ3n) is 2.33. The van der Waals surface area contributed by atoms with Gasteiger partial charge in [-0.05, 0) is 24.6 Å². The molecule has 1 aliphatic heterocycles. The Bertz CT molecular complexity index is 337. The van der Waals surface area contributed by atoms with E-state index in [1.54, 1.807) is 0 Å². The lowest BCUT2D eigenvalue weighted by Crippen LogP contribution is -2.04. The average Bonchev–Trinajstić information content (AvgIpc) is 2.72. The van der Waals surface area contributed by atoms with E-state index >= 15 is 0 Å². The lowest BCUT2D eigenvalue weighted by molar-refractivity contribution is 0.0384. The van der Waals surface area contributed by atoms with Crippen molar-refractivity contribution < 1.29 is 19.3 Å². The molecular formula is C11H14O4. The summed E-state index contributed by atoms with van der Waals surface area (Å²) < 4.78 is 15.9. The SMILES string of the molecule is CC(OCCO)c1ccc2c(c1)OCO2. The zero-order chi connectivity index (χ0) is 10.7. The number of hydrogen-bond donors (Lipinski definition) is 1. The predicted molar refractivity (Wildman–Crippen MR) is 54.0 cm³/mol. The fourth-order valence-electron chi connectivity index (χ4n) is 1.49. The molecule has 1 N–H and O–H groups in total. The van der Waals surface area contributed by atoms with Crippen molar-refractivity contribution in [1.82, 2.24) is 0 Å². The Morgan fingerprint density at radius 3 is 3.00 bits per heavy atom. The number of hydrogen-bond acceptors (Lipinski definition) is 4. The van der Waals surface area contributed by atoms with Gasteiger partial charge in [0.25, 0.3) is 0 Å². The van der Waals surface area contributed by atoms with Crippen molar-refractivity contribution in [2.24, 2.45) is 0 Å². The Morgan fingerprint density at radius 1 is 1.40 bits per heavy atom. The number of fused-ring (bicyclic) bond motifs is 1. The topological polar surface area (TPSA) is 47.9 Å². The fourth-order valence-corrected chi connectivity index (χ4v) is 1.49. The summed E-state index contributed by atoms with van der Waals surface area (Å²) in [5.41, 5.74) is 1.02. The van der Waals surface area contributed by atoms with Gasteiger partial charge in [-0.3, -0.25) is 0 Å². The second-order valence-electron chi connectivity index (χ2n) is 3.35. The molecular weight excluding hydrogens is 196 g/mol. The van der Waals surface area contributed by atoms with E-state index in [0.717, 1.165) is 17.1 Å². The van der Waals surface area contributed by atoms with E-state index < -0.39 is 0 Å². The van der Waals surface area contributed by atoms with Gasteiger partial charge >= 0.3 is 0 Å². The first-order chi connectivity index (χ1) is 7.31. The smallest absolute Gasteiger partial charge is 0.231 e. The molecule has 1 aromatic carbocycles. The molecule has 1 heterocycles. The summed E-state index contributed by atoms with van der Waals surface area (Å²) in [6.45, 7) is 2.60. The van der Waals surface area contributed by atoms with Gasteiger partial charge in [0, 0.05) is 0 Å². The van der Waals surface area contributed by atoms with Crippen molar-refractivity contribution in [1.29, 1.82) is 0 Å². The number of aliphatic hydroxyl groups excluding tert-OH is 1. The molecule has 0 saturated heterocycles. The summed E-state index contributed by atoms with van der Waals surface area (Å²) in [7, 11) is 0. The number of benzene rings is 1. The predicted octanol–water partition coefficient (Wildman–Crippen LogP) is 1.49. The summed E-state index contributed by atoms with van der Waals surface area (Å²) in [4.78, 5) is 0. The third-order valence-corrected chi connectivity index (χ3v) is 2.33. The summed E-state index contributed by atoms with van der Waals surface area (Å²) in [5.74, 6) is 1.53. The minimum atomic E-state index is -0.0494. The van der Waals surface area contributed by atoms with Crippen LogP contribution in [0.15, 0.2) is 18.2 Å². The van der Waals surface area contributed by atoms with Crippen molar-refractivity contribution in [2.75, 3.05) is 20.0 Å². The van der Waals surface area contributed by atoms with Gasteiger partial charge in [-0.15, -0.1) is 0 Å². The van der Waals surface area contributed by atoms with Crippen LogP contribution in [0.5, 0.6) is 11.5 Å². The van der Waals surface area contributed by atoms with Crippen LogP contribution >= 0.6 is 0 Å². The quantitative estimate of drug-likeness (QED) is 0.817. The van der Waals surface area contributed by atoms with Crippen molar-refractivity contribution in [3.8, 4) is 11.5 Å². The molecule has 1 aromatic rings. The third kappa shape index (κ3) is 2.22. The Balaban J connectivity index is 2.08. The Kier molecular flexibility index (Phi) is 3.08. The monoisotopic (exact) mass is 210 g/mol. The molecule has 1 atom stereocenters. The Hall–Kier alpha value is -1.26. The summed E-state index contributed by atoms with van der Waals surface area (Å²) in [6, 6.07) is 5.72. The molecule has 0 fully saturated rings. The molecule has 0 bridgehead atoms. The minimum Gasteiger partial charge on any atom is -0.454 e. The van der Waals surface area contributed by atoms with Crippen molar-refractivity contribution in [3.05, 3.63) is 23.8 Å². The van der Waals surface area contributed by atoms with E-state index in [-0.39, 0.29) is 19.5 Å². The van der Waals surface area contributed by atoms with E-state index in [1.165, 1.54) is 0 Å². The van der Waals surface area contributed by atoms with Crippen LogP contribution in [-0.2, 0) is 4.74 Å². The van der Waals surface area contributed by atoms with Gasteiger partial charge in [-0.1, -0.05) is 6.07 Å². The largest absolute Gasteiger partial charge is 0.454 e. The van der Waals surface area contributed by atoms with Gasteiger partial charge in [0.15, 0.2) is 11.5 Å². The van der Waals surface area contributed by atoms with Gasteiger partial charge in [0.05, 0.1) is 19.3 Å². The highest BCUT2D eigenvalue weighted by Crippen LogP contribution is 2.34. The van der Waals surface area contributed by atoms with Crippen LogP contribution in [0, 0.1) is 0 Å². The molecule has 4 heteroatoms. The first-order valence-electron chi connectivity index (χ1n) is 4.93. The molecule has 0 aliphatic carbocycles. The Morgan fingerprint density at radius 2 is 2.20 bits per heavy atom. The Labute approximate surface area is 88.4 Å². The maximum atomic E-state index is 8.65. The van der Waals surface area contributed by atoms with Gasteiger partial charge in [-0.25, -0.2) is 0 Å². The van der Waals surface area contributed by atoms with Gasteiger partial charge in [0.1, 0.15) is 0 Å². The molecule has 1 aliphatic rings. The van der Waals surface area contributed by atoms with Crippen LogP contribution < -0.4 is 9.47 Å². The van der Waals surface area contributed by atoms with Crippen LogP contribution in [0.1, 0.15) is 18.6 Å². The summed E-state index contributed by atoms with van der Waals surface area (Å²) in [6.07, 6.45) is -0.0494. The first-order valence-corrected chi connectivity index (χ1v) is 4.93. The number of rotatable bonds is 4. The van der Waals surface area contributed by atoms with Gasteiger partial charge in [0.2, 0.25) is 6.79 Å². The minimum absolute atomic E-state index is 0.0366. The van der Waals surface area contributed by atoms with Crippen LogP contribution in [0.2, 0.25) is 0 Å². The number of ether oxygens (including phenoxy) is 3. The molecule has 2 rings (SSSR count). The van der Waals surface area contributed by atoms with E-state index in [2.05, 4.69) is 0 Å². The van der Waals surface area contributed by atoms with E-state index in [0.29, 0.717) is 6.61 Å². The van der Waals surface area contributed by atoms with E-state index in [4.69, 9.17) is 19.3 Å². The van der Waals surface area contributed by atoms with Crippen LogP contribution in [0.25, 0.3) is 0 Å². The van der Waals surface area contributed by atoms with Crippen LogP contribution in [0.3, 0.4) is 0 Å². The van der Waals surface area contributed by atoms with Crippen LogP contribution in [0.4, 0.5) is 0 Å². The molecule has 82 valence electrons. The van der Waals surface area contributed by atoms with Crippen molar-refractivity contribution in [3.63, 3.8) is 0 Å². The molecule has 15 heavy (non-hydrogen) atoms. The van der Waals surface area contributed by atoms with E-state index in [1.807, 2.05) is 25.1 Å². The molecule has 0 amide bonds. The molecule has 0 spiro atoms. The van der Waals surface area contributed by atoms with E-state index in [9.17, 15) is 0 Å². The molecule has 0 aromatic heterocycles. The first kappa shape index (κ1) is 10.3. The maximum Gasteiger partial charge on any atom is 0.231 e. The summed E-state index contributed by atoms with van der Waals surface area (Å²) in [5, 5.41) is 8.65. The lowest BCUT2D eigenvalue weighted by Gasteiger charge is -2.12. The van der Waals surface area contributed by atoms with Gasteiger partial charge < -0.3 is 19.3 Å². The second kappa shape index (κ2) is 4.51. The average molecular weight is 210 g/mol. The molecule has 4 nitrogen and oxygen atoms in total. The zero-order valence-corrected chi connectivity index (χ0v) is 8.60. The second-order valence-corrected chi connectivity index (χ2v) is 3.35. The molecule has 0 radical (unpaired) electrons. The summed E-state index contributed by atoms with van der Waals surface area (Å²) >= 11 is 0. The normalized spacial score (nSPS) is 15.3. The van der Waals surface area contributed by atoms with Crippen molar-refractivity contribution in [2.45, 2.75) is 13.0 Å². The highest BCUT2D eigenvalue weighted by molar-refractivity contribution is 5.44. The highest BCUT2D eigenvalue weighted by atomic mass is 16.7. The molecule has 1 unspecified atom stereocenters. The maximum absolute atomic E-state index is 8.65. The van der Waals surface area contributed by atoms with Crippen molar-refractivity contribution >= 4 is 0 Å². The highest BCUT2D eigenvalue weighted by Gasteiger charge is 2.15. The number of aliphatic hydroxyl groups is 1.